The lowest BCUT2D eigenvalue weighted by Crippen LogP contribution is -2.01. The summed E-state index contributed by atoms with van der Waals surface area (Å²) in [7, 11) is 0. The predicted molar refractivity (Wildman–Crippen MR) is 83.8 cm³/mol. The SMILES string of the molecule is CCC(c1cncnc1)c1ccc(-c2ccccc2)nc1. The van der Waals surface area contributed by atoms with Gasteiger partial charge in [-0.15, -0.1) is 0 Å². The maximum absolute atomic E-state index is 4.60. The molecule has 3 heteroatoms. The van der Waals surface area contributed by atoms with Gasteiger partial charge in [-0.2, -0.15) is 0 Å². The largest absolute Gasteiger partial charge is 0.256 e. The van der Waals surface area contributed by atoms with E-state index in [1.807, 2.05) is 36.8 Å². The number of rotatable bonds is 4. The van der Waals surface area contributed by atoms with E-state index < -0.39 is 0 Å². The van der Waals surface area contributed by atoms with Crippen LogP contribution < -0.4 is 0 Å². The summed E-state index contributed by atoms with van der Waals surface area (Å²) in [6.45, 7) is 2.17. The Balaban J connectivity index is 1.90. The van der Waals surface area contributed by atoms with E-state index in [2.05, 4.69) is 46.1 Å². The van der Waals surface area contributed by atoms with Crippen LogP contribution in [0.25, 0.3) is 11.3 Å². The molecule has 0 saturated carbocycles. The predicted octanol–water partition coefficient (Wildman–Crippen LogP) is 4.08. The molecule has 0 amide bonds. The molecule has 0 aliphatic heterocycles. The van der Waals surface area contributed by atoms with E-state index in [1.54, 1.807) is 6.33 Å². The van der Waals surface area contributed by atoms with Crippen LogP contribution in [0.4, 0.5) is 0 Å². The van der Waals surface area contributed by atoms with Crippen molar-refractivity contribution in [3.63, 3.8) is 0 Å². The van der Waals surface area contributed by atoms with Crippen LogP contribution in [0.2, 0.25) is 0 Å². The van der Waals surface area contributed by atoms with Crippen LogP contribution in [0, 0.1) is 0 Å². The van der Waals surface area contributed by atoms with Crippen molar-refractivity contribution < 1.29 is 0 Å². The van der Waals surface area contributed by atoms with Gasteiger partial charge in [0.15, 0.2) is 0 Å². The minimum Gasteiger partial charge on any atom is -0.256 e. The zero-order valence-corrected chi connectivity index (χ0v) is 12.0. The molecule has 0 radical (unpaired) electrons. The Morgan fingerprint density at radius 2 is 1.62 bits per heavy atom. The summed E-state index contributed by atoms with van der Waals surface area (Å²) < 4.78 is 0. The Labute approximate surface area is 124 Å². The molecule has 1 unspecified atom stereocenters. The van der Waals surface area contributed by atoms with E-state index in [1.165, 1.54) is 5.56 Å². The second-order valence-corrected chi connectivity index (χ2v) is 4.98. The first-order valence-corrected chi connectivity index (χ1v) is 7.14. The molecule has 0 bridgehead atoms. The number of nitrogens with zero attached hydrogens (tertiary/aromatic N) is 3. The molecular weight excluding hydrogens is 258 g/mol. The highest BCUT2D eigenvalue weighted by Crippen LogP contribution is 2.27. The van der Waals surface area contributed by atoms with Crippen LogP contribution in [-0.4, -0.2) is 15.0 Å². The Kier molecular flexibility index (Phi) is 4.01. The molecule has 0 N–H and O–H groups in total. The molecular formula is C18H17N3. The molecule has 0 aliphatic rings. The first-order chi connectivity index (χ1) is 10.4. The molecule has 1 aromatic carbocycles. The second kappa shape index (κ2) is 6.27. The fourth-order valence-electron chi connectivity index (χ4n) is 2.55. The molecule has 0 spiro atoms. The first kappa shape index (κ1) is 13.4. The highest BCUT2D eigenvalue weighted by Gasteiger charge is 2.13. The van der Waals surface area contributed by atoms with Gasteiger partial charge in [-0.05, 0) is 23.6 Å². The van der Waals surface area contributed by atoms with Gasteiger partial charge in [-0.1, -0.05) is 43.3 Å². The third-order valence-corrected chi connectivity index (χ3v) is 3.65. The minimum absolute atomic E-state index is 0.295. The quantitative estimate of drug-likeness (QED) is 0.720. The van der Waals surface area contributed by atoms with Gasteiger partial charge in [-0.3, -0.25) is 4.98 Å². The molecule has 0 aliphatic carbocycles. The van der Waals surface area contributed by atoms with Gasteiger partial charge in [0.25, 0.3) is 0 Å². The average Bonchev–Trinajstić information content (AvgIpc) is 2.58. The molecule has 3 nitrogen and oxygen atoms in total. The Morgan fingerprint density at radius 3 is 2.24 bits per heavy atom. The normalized spacial score (nSPS) is 12.0. The van der Waals surface area contributed by atoms with Crippen LogP contribution >= 0.6 is 0 Å². The number of hydrogen-bond donors (Lipinski definition) is 0. The maximum Gasteiger partial charge on any atom is 0.115 e. The summed E-state index contributed by atoms with van der Waals surface area (Å²) in [4.78, 5) is 12.8. The average molecular weight is 275 g/mol. The van der Waals surface area contributed by atoms with Crippen molar-refractivity contribution in [3.8, 4) is 11.3 Å². The van der Waals surface area contributed by atoms with E-state index in [9.17, 15) is 0 Å². The van der Waals surface area contributed by atoms with Crippen molar-refractivity contribution in [2.75, 3.05) is 0 Å². The highest BCUT2D eigenvalue weighted by molar-refractivity contribution is 5.58. The minimum atomic E-state index is 0.295. The van der Waals surface area contributed by atoms with Crippen molar-refractivity contribution in [2.24, 2.45) is 0 Å². The van der Waals surface area contributed by atoms with E-state index in [-0.39, 0.29) is 0 Å². The summed E-state index contributed by atoms with van der Waals surface area (Å²) >= 11 is 0. The molecule has 104 valence electrons. The molecule has 0 saturated heterocycles. The smallest absolute Gasteiger partial charge is 0.115 e. The Morgan fingerprint density at radius 1 is 0.857 bits per heavy atom. The Bertz CT molecular complexity index is 679. The lowest BCUT2D eigenvalue weighted by atomic mass is 9.92. The van der Waals surface area contributed by atoms with Crippen LogP contribution in [0.1, 0.15) is 30.4 Å². The van der Waals surface area contributed by atoms with Crippen LogP contribution in [-0.2, 0) is 0 Å². The Hall–Kier alpha value is -2.55. The van der Waals surface area contributed by atoms with Crippen molar-refractivity contribution in [1.29, 1.82) is 0 Å². The summed E-state index contributed by atoms with van der Waals surface area (Å²) in [6, 6.07) is 14.4. The van der Waals surface area contributed by atoms with Gasteiger partial charge in [0.2, 0.25) is 0 Å². The lowest BCUT2D eigenvalue weighted by Gasteiger charge is -2.15. The second-order valence-electron chi connectivity index (χ2n) is 4.98. The van der Waals surface area contributed by atoms with E-state index >= 15 is 0 Å². The number of pyridine rings is 1. The van der Waals surface area contributed by atoms with Crippen molar-refractivity contribution in [2.45, 2.75) is 19.3 Å². The molecule has 3 rings (SSSR count). The van der Waals surface area contributed by atoms with Gasteiger partial charge >= 0.3 is 0 Å². The van der Waals surface area contributed by atoms with Gasteiger partial charge in [-0.25, -0.2) is 9.97 Å². The molecule has 0 fully saturated rings. The highest BCUT2D eigenvalue weighted by atomic mass is 14.8. The maximum atomic E-state index is 4.60. The zero-order valence-electron chi connectivity index (χ0n) is 12.0. The summed E-state index contributed by atoms with van der Waals surface area (Å²) in [5.41, 5.74) is 4.47. The molecule has 3 aromatic rings. The van der Waals surface area contributed by atoms with Crippen LogP contribution in [0.3, 0.4) is 0 Å². The third kappa shape index (κ3) is 2.97. The van der Waals surface area contributed by atoms with Gasteiger partial charge in [0.1, 0.15) is 6.33 Å². The van der Waals surface area contributed by atoms with Crippen molar-refractivity contribution in [3.05, 3.63) is 78.5 Å². The van der Waals surface area contributed by atoms with Crippen LogP contribution in [0.15, 0.2) is 67.4 Å². The number of benzene rings is 1. The number of hydrogen-bond acceptors (Lipinski definition) is 3. The summed E-state index contributed by atoms with van der Waals surface area (Å²) in [5, 5.41) is 0. The summed E-state index contributed by atoms with van der Waals surface area (Å²) in [6.07, 6.45) is 8.29. The van der Waals surface area contributed by atoms with Gasteiger partial charge in [0.05, 0.1) is 5.69 Å². The zero-order chi connectivity index (χ0) is 14.5. The lowest BCUT2D eigenvalue weighted by molar-refractivity contribution is 0.762. The standard InChI is InChI=1S/C18H17N3/c1-2-17(16-10-19-13-20-11-16)15-8-9-18(21-12-15)14-6-4-3-5-7-14/h3-13,17H,2H2,1H3. The van der Waals surface area contributed by atoms with E-state index in [4.69, 9.17) is 0 Å². The van der Waals surface area contributed by atoms with Crippen molar-refractivity contribution in [1.82, 2.24) is 15.0 Å². The van der Waals surface area contributed by atoms with E-state index in [0.29, 0.717) is 5.92 Å². The van der Waals surface area contributed by atoms with Crippen molar-refractivity contribution >= 4 is 0 Å². The molecule has 1 atom stereocenters. The third-order valence-electron chi connectivity index (χ3n) is 3.65. The fraction of sp³-hybridized carbons (Fsp3) is 0.167. The van der Waals surface area contributed by atoms with Gasteiger partial charge < -0.3 is 0 Å². The van der Waals surface area contributed by atoms with Gasteiger partial charge in [0, 0.05) is 30.1 Å². The van der Waals surface area contributed by atoms with Crippen LogP contribution in [0.5, 0.6) is 0 Å². The fourth-order valence-corrected chi connectivity index (χ4v) is 2.55. The summed E-state index contributed by atoms with van der Waals surface area (Å²) in [5.74, 6) is 0.295. The first-order valence-electron chi connectivity index (χ1n) is 7.14. The van der Waals surface area contributed by atoms with E-state index in [0.717, 1.165) is 23.2 Å². The topological polar surface area (TPSA) is 38.7 Å². The monoisotopic (exact) mass is 275 g/mol. The molecule has 2 heterocycles. The number of aromatic nitrogens is 3. The molecule has 21 heavy (non-hydrogen) atoms. The molecule has 2 aromatic heterocycles.